The molecule has 1 amide bonds. The van der Waals surface area contributed by atoms with Gasteiger partial charge < -0.3 is 10.1 Å². The van der Waals surface area contributed by atoms with Crippen molar-refractivity contribution in [2.24, 2.45) is 0 Å². The van der Waals surface area contributed by atoms with E-state index in [1.54, 1.807) is 24.3 Å². The Labute approximate surface area is 120 Å². The van der Waals surface area contributed by atoms with E-state index < -0.39 is 5.97 Å². The highest BCUT2D eigenvalue weighted by Crippen LogP contribution is 2.16. The maximum absolute atomic E-state index is 12.0. The summed E-state index contributed by atoms with van der Waals surface area (Å²) in [5, 5.41) is 6.96. The Hall–Kier alpha value is -2.34. The Kier molecular flexibility index (Phi) is 4.37. The van der Waals surface area contributed by atoms with E-state index in [9.17, 15) is 9.59 Å². The zero-order chi connectivity index (χ0) is 14.5. The highest BCUT2D eigenvalue weighted by molar-refractivity contribution is 6.34. The van der Waals surface area contributed by atoms with Crippen molar-refractivity contribution in [1.29, 1.82) is 0 Å². The number of aromatic nitrogens is 2. The number of ether oxygens (including phenoxy) is 1. The molecule has 1 aromatic carbocycles. The molecular weight excluding hydrogens is 282 g/mol. The first-order chi connectivity index (χ1) is 9.60. The Balaban J connectivity index is 2.05. The molecule has 0 saturated heterocycles. The summed E-state index contributed by atoms with van der Waals surface area (Å²) < 4.78 is 5.89. The Morgan fingerprint density at radius 2 is 2.15 bits per heavy atom. The van der Waals surface area contributed by atoms with E-state index >= 15 is 0 Å². The number of hydrogen-bond acceptors (Lipinski definition) is 4. The van der Waals surface area contributed by atoms with Crippen LogP contribution in [-0.2, 0) is 16.1 Å². The predicted molar refractivity (Wildman–Crippen MR) is 73.6 cm³/mol. The monoisotopic (exact) mass is 293 g/mol. The summed E-state index contributed by atoms with van der Waals surface area (Å²) in [5.74, 6) is -0.759. The molecule has 0 atom stereocenters. The highest BCUT2D eigenvalue weighted by Gasteiger charge is 2.11. The molecule has 2 aromatic rings. The number of esters is 1. The number of rotatable bonds is 4. The lowest BCUT2D eigenvalue weighted by Crippen LogP contribution is -2.13. The van der Waals surface area contributed by atoms with Crippen LogP contribution in [0.4, 0.5) is 5.69 Å². The molecule has 0 fully saturated rings. The molecule has 0 aliphatic heterocycles. The van der Waals surface area contributed by atoms with Crippen LogP contribution in [0.5, 0.6) is 0 Å². The van der Waals surface area contributed by atoms with Crippen LogP contribution >= 0.6 is 11.6 Å². The fourth-order valence-electron chi connectivity index (χ4n) is 1.56. The van der Waals surface area contributed by atoms with Crippen LogP contribution in [0.15, 0.2) is 36.7 Å². The second kappa shape index (κ2) is 6.21. The van der Waals surface area contributed by atoms with Crippen molar-refractivity contribution in [3.63, 3.8) is 0 Å². The second-order valence-corrected chi connectivity index (χ2v) is 4.34. The third-order valence-electron chi connectivity index (χ3n) is 2.53. The van der Waals surface area contributed by atoms with Crippen LogP contribution in [-0.4, -0.2) is 28.8 Å². The zero-order valence-corrected chi connectivity index (χ0v) is 11.4. The summed E-state index contributed by atoms with van der Waals surface area (Å²) in [6.07, 6.45) is 2.98. The predicted octanol–water partition coefficient (Wildman–Crippen LogP) is 1.96. The molecule has 0 radical (unpaired) electrons. The van der Waals surface area contributed by atoms with E-state index in [1.807, 2.05) is 0 Å². The fraction of sp³-hybridized carbons (Fsp3) is 0.154. The van der Waals surface area contributed by atoms with E-state index in [0.29, 0.717) is 16.3 Å². The van der Waals surface area contributed by atoms with Gasteiger partial charge in [-0.05, 0) is 12.1 Å². The molecule has 2 rings (SSSR count). The van der Waals surface area contributed by atoms with Gasteiger partial charge >= 0.3 is 5.97 Å². The average Bonchev–Trinajstić information content (AvgIpc) is 2.86. The number of methoxy groups -OCH3 is 1. The summed E-state index contributed by atoms with van der Waals surface area (Å²) in [6, 6.07) is 6.72. The van der Waals surface area contributed by atoms with E-state index in [0.717, 1.165) is 0 Å². The van der Waals surface area contributed by atoms with E-state index in [1.165, 1.54) is 24.2 Å². The number of carbonyl (C=O) groups is 2. The van der Waals surface area contributed by atoms with Crippen LogP contribution in [0.25, 0.3) is 0 Å². The van der Waals surface area contributed by atoms with Crippen LogP contribution in [0.2, 0.25) is 5.02 Å². The zero-order valence-electron chi connectivity index (χ0n) is 10.7. The Morgan fingerprint density at radius 3 is 2.85 bits per heavy atom. The maximum atomic E-state index is 12.0. The van der Waals surface area contributed by atoms with Crippen molar-refractivity contribution < 1.29 is 14.3 Å². The number of amides is 1. The topological polar surface area (TPSA) is 73.2 Å². The lowest BCUT2D eigenvalue weighted by atomic mass is 10.2. The Bertz CT molecular complexity index is 639. The third kappa shape index (κ3) is 3.36. The number of anilines is 1. The molecule has 0 bridgehead atoms. The van der Waals surface area contributed by atoms with Gasteiger partial charge in [-0.2, -0.15) is 5.10 Å². The minimum Gasteiger partial charge on any atom is -0.468 e. The third-order valence-corrected chi connectivity index (χ3v) is 2.86. The molecule has 0 spiro atoms. The van der Waals surface area contributed by atoms with E-state index in [4.69, 9.17) is 11.6 Å². The van der Waals surface area contributed by atoms with E-state index in [2.05, 4.69) is 15.2 Å². The number of halogens is 1. The first-order valence-electron chi connectivity index (χ1n) is 5.75. The first kappa shape index (κ1) is 14.1. The van der Waals surface area contributed by atoms with E-state index in [-0.39, 0.29) is 12.5 Å². The SMILES string of the molecule is COC(=O)Cn1cc(NC(=O)c2ccccc2Cl)cn1. The number of carbonyl (C=O) groups excluding carboxylic acids is 2. The van der Waals surface area contributed by atoms with Crippen LogP contribution in [0.1, 0.15) is 10.4 Å². The molecule has 7 heteroatoms. The van der Waals surface area contributed by atoms with Gasteiger partial charge in [-0.15, -0.1) is 0 Å². The van der Waals surface area contributed by atoms with Crippen LogP contribution < -0.4 is 5.32 Å². The summed E-state index contributed by atoms with van der Waals surface area (Å²) in [4.78, 5) is 23.1. The van der Waals surface area contributed by atoms with Crippen molar-refractivity contribution in [3.8, 4) is 0 Å². The van der Waals surface area contributed by atoms with Gasteiger partial charge in [0.05, 0.1) is 29.6 Å². The summed E-state index contributed by atoms with van der Waals surface area (Å²) >= 11 is 5.94. The van der Waals surface area contributed by atoms with Crippen molar-refractivity contribution in [2.75, 3.05) is 12.4 Å². The van der Waals surface area contributed by atoms with Gasteiger partial charge in [0.15, 0.2) is 0 Å². The van der Waals surface area contributed by atoms with Crippen molar-refractivity contribution >= 4 is 29.2 Å². The molecular formula is C13H12ClN3O3. The summed E-state index contributed by atoms with van der Waals surface area (Å²) in [7, 11) is 1.30. The molecule has 1 aromatic heterocycles. The fourth-order valence-corrected chi connectivity index (χ4v) is 1.78. The van der Waals surface area contributed by atoms with Gasteiger partial charge in [-0.1, -0.05) is 23.7 Å². The van der Waals surface area contributed by atoms with Gasteiger partial charge in [0.2, 0.25) is 0 Å². The van der Waals surface area contributed by atoms with Gasteiger partial charge in [-0.3, -0.25) is 14.3 Å². The molecule has 0 saturated carbocycles. The van der Waals surface area contributed by atoms with Gasteiger partial charge in [-0.25, -0.2) is 0 Å². The van der Waals surface area contributed by atoms with Crippen molar-refractivity contribution in [2.45, 2.75) is 6.54 Å². The number of benzene rings is 1. The van der Waals surface area contributed by atoms with Crippen molar-refractivity contribution in [1.82, 2.24) is 9.78 Å². The van der Waals surface area contributed by atoms with Gasteiger partial charge in [0.1, 0.15) is 6.54 Å². The lowest BCUT2D eigenvalue weighted by Gasteiger charge is -2.04. The minimum absolute atomic E-state index is 0.0154. The smallest absolute Gasteiger partial charge is 0.327 e. The molecule has 104 valence electrons. The number of nitrogens with zero attached hydrogens (tertiary/aromatic N) is 2. The summed E-state index contributed by atoms with van der Waals surface area (Å²) in [5.41, 5.74) is 0.841. The van der Waals surface area contributed by atoms with Gasteiger partial charge in [0.25, 0.3) is 5.91 Å². The maximum Gasteiger partial charge on any atom is 0.327 e. The summed E-state index contributed by atoms with van der Waals surface area (Å²) in [6.45, 7) is -0.0154. The second-order valence-electron chi connectivity index (χ2n) is 3.94. The minimum atomic E-state index is -0.419. The number of hydrogen-bond donors (Lipinski definition) is 1. The Morgan fingerprint density at radius 1 is 1.40 bits per heavy atom. The van der Waals surface area contributed by atoms with Crippen molar-refractivity contribution in [3.05, 3.63) is 47.2 Å². The number of nitrogens with one attached hydrogen (secondary N) is 1. The molecule has 1 N–H and O–H groups in total. The molecule has 0 unspecified atom stereocenters. The normalized spacial score (nSPS) is 10.1. The molecule has 20 heavy (non-hydrogen) atoms. The molecule has 0 aliphatic rings. The van der Waals surface area contributed by atoms with Crippen LogP contribution in [0, 0.1) is 0 Å². The van der Waals surface area contributed by atoms with Gasteiger partial charge in [0, 0.05) is 6.20 Å². The largest absolute Gasteiger partial charge is 0.468 e. The highest BCUT2D eigenvalue weighted by atomic mass is 35.5. The standard InChI is InChI=1S/C13H12ClN3O3/c1-20-12(18)8-17-7-9(6-15-17)16-13(19)10-4-2-3-5-11(10)14/h2-7H,8H2,1H3,(H,16,19). The lowest BCUT2D eigenvalue weighted by molar-refractivity contribution is -0.141. The first-order valence-corrected chi connectivity index (χ1v) is 6.13. The molecule has 6 nitrogen and oxygen atoms in total. The molecule has 1 heterocycles. The molecule has 0 aliphatic carbocycles. The van der Waals surface area contributed by atoms with Crippen LogP contribution in [0.3, 0.4) is 0 Å². The quantitative estimate of drug-likeness (QED) is 0.875. The average molecular weight is 294 g/mol.